The molecule has 0 saturated carbocycles. The molecule has 16 heavy (non-hydrogen) atoms. The van der Waals surface area contributed by atoms with Crippen molar-refractivity contribution in [2.75, 3.05) is 5.32 Å². The van der Waals surface area contributed by atoms with Crippen LogP contribution < -0.4 is 5.32 Å². The highest BCUT2D eigenvalue weighted by molar-refractivity contribution is 9.10. The zero-order valence-electron chi connectivity index (χ0n) is 7.55. The Morgan fingerprint density at radius 3 is 2.62 bits per heavy atom. The van der Waals surface area contributed by atoms with Gasteiger partial charge in [0.25, 0.3) is 0 Å². The van der Waals surface area contributed by atoms with E-state index in [1.54, 1.807) is 5.32 Å². The third-order valence-electron chi connectivity index (χ3n) is 1.54. The van der Waals surface area contributed by atoms with Crippen molar-refractivity contribution < 1.29 is 22.4 Å². The van der Waals surface area contributed by atoms with Gasteiger partial charge in [0.05, 0.1) is 0 Å². The van der Waals surface area contributed by atoms with Crippen LogP contribution in [0.1, 0.15) is 0 Å². The van der Waals surface area contributed by atoms with E-state index < -0.39 is 18.3 Å². The Labute approximate surface area is 96.0 Å². The summed E-state index contributed by atoms with van der Waals surface area (Å²) in [5.74, 6) is -7.06. The SMILES string of the molecule is O=C(Nc1cc(Br)ccn1)C(F)(F)C(F)F. The van der Waals surface area contributed by atoms with Crippen molar-refractivity contribution in [1.82, 2.24) is 4.98 Å². The van der Waals surface area contributed by atoms with E-state index >= 15 is 0 Å². The maximum Gasteiger partial charge on any atom is 0.383 e. The Morgan fingerprint density at radius 2 is 2.12 bits per heavy atom. The normalized spacial score (nSPS) is 11.6. The van der Waals surface area contributed by atoms with Crippen molar-refractivity contribution in [3.05, 3.63) is 22.8 Å². The van der Waals surface area contributed by atoms with Crippen molar-refractivity contribution in [2.24, 2.45) is 0 Å². The summed E-state index contributed by atoms with van der Waals surface area (Å²) in [5, 5.41) is 1.59. The van der Waals surface area contributed by atoms with Gasteiger partial charge in [-0.2, -0.15) is 8.78 Å². The number of amides is 1. The molecule has 3 nitrogen and oxygen atoms in total. The summed E-state index contributed by atoms with van der Waals surface area (Å²) < 4.78 is 49.1. The lowest BCUT2D eigenvalue weighted by molar-refractivity contribution is -0.163. The van der Waals surface area contributed by atoms with Crippen LogP contribution in [0.4, 0.5) is 23.4 Å². The fraction of sp³-hybridized carbons (Fsp3) is 0.250. The number of hydrogen-bond donors (Lipinski definition) is 1. The minimum absolute atomic E-state index is 0.236. The van der Waals surface area contributed by atoms with Crippen LogP contribution in [0.5, 0.6) is 0 Å². The van der Waals surface area contributed by atoms with Crippen LogP contribution in [0, 0.1) is 0 Å². The first-order valence-electron chi connectivity index (χ1n) is 3.93. The molecule has 88 valence electrons. The van der Waals surface area contributed by atoms with Gasteiger partial charge in [-0.05, 0) is 12.1 Å². The quantitative estimate of drug-likeness (QED) is 0.872. The van der Waals surface area contributed by atoms with Gasteiger partial charge in [0, 0.05) is 10.7 Å². The van der Waals surface area contributed by atoms with Crippen LogP contribution >= 0.6 is 15.9 Å². The zero-order valence-corrected chi connectivity index (χ0v) is 9.14. The number of pyridine rings is 1. The molecule has 0 unspecified atom stereocenters. The van der Waals surface area contributed by atoms with E-state index in [-0.39, 0.29) is 5.82 Å². The van der Waals surface area contributed by atoms with Gasteiger partial charge in [-0.3, -0.25) is 4.79 Å². The highest BCUT2D eigenvalue weighted by Gasteiger charge is 2.49. The molecular formula is C8H5BrF4N2O. The zero-order chi connectivity index (χ0) is 12.3. The number of nitrogens with one attached hydrogen (secondary N) is 1. The van der Waals surface area contributed by atoms with Crippen molar-refractivity contribution in [2.45, 2.75) is 12.3 Å². The lowest BCUT2D eigenvalue weighted by Gasteiger charge is -2.14. The molecule has 0 aliphatic rings. The van der Waals surface area contributed by atoms with E-state index in [1.165, 1.54) is 18.3 Å². The molecule has 8 heteroatoms. The van der Waals surface area contributed by atoms with Gasteiger partial charge in [0.1, 0.15) is 5.82 Å². The fourth-order valence-electron chi connectivity index (χ4n) is 0.772. The molecule has 1 aromatic heterocycles. The number of rotatable bonds is 3. The lowest BCUT2D eigenvalue weighted by atomic mass is 10.3. The second-order valence-corrected chi connectivity index (χ2v) is 3.65. The fourth-order valence-corrected chi connectivity index (χ4v) is 1.11. The van der Waals surface area contributed by atoms with Crippen LogP contribution in [-0.4, -0.2) is 23.2 Å². The summed E-state index contributed by atoms with van der Waals surface area (Å²) in [7, 11) is 0. The van der Waals surface area contributed by atoms with Crippen molar-refractivity contribution in [3.8, 4) is 0 Å². The van der Waals surface area contributed by atoms with Crippen LogP contribution in [0.3, 0.4) is 0 Å². The van der Waals surface area contributed by atoms with Crippen molar-refractivity contribution >= 4 is 27.7 Å². The standard InChI is InChI=1S/C8H5BrF4N2O/c9-4-1-2-14-5(3-4)15-7(16)8(12,13)6(10)11/h1-3,6H,(H,14,15,16). The number of halogens is 5. The number of alkyl halides is 4. The molecule has 0 aliphatic carbocycles. The number of carbonyl (C=O) groups is 1. The Hall–Kier alpha value is -1.18. The average molecular weight is 301 g/mol. The molecule has 0 atom stereocenters. The summed E-state index contributed by atoms with van der Waals surface area (Å²) in [6.45, 7) is 0. The van der Waals surface area contributed by atoms with E-state index in [1.807, 2.05) is 0 Å². The van der Waals surface area contributed by atoms with Gasteiger partial charge < -0.3 is 5.32 Å². The molecule has 0 bridgehead atoms. The Balaban J connectivity index is 2.79. The summed E-state index contributed by atoms with van der Waals surface area (Å²) in [4.78, 5) is 14.3. The molecule has 1 amide bonds. The topological polar surface area (TPSA) is 42.0 Å². The maximum atomic E-state index is 12.5. The van der Waals surface area contributed by atoms with Gasteiger partial charge in [0.2, 0.25) is 0 Å². The van der Waals surface area contributed by atoms with E-state index in [9.17, 15) is 22.4 Å². The second kappa shape index (κ2) is 4.77. The molecule has 0 aliphatic heterocycles. The van der Waals surface area contributed by atoms with E-state index in [0.717, 1.165) is 0 Å². The maximum absolute atomic E-state index is 12.5. The predicted octanol–water partition coefficient (Wildman–Crippen LogP) is 2.68. The number of nitrogens with zero attached hydrogens (tertiary/aromatic N) is 1. The van der Waals surface area contributed by atoms with E-state index in [4.69, 9.17) is 0 Å². The molecule has 1 N–H and O–H groups in total. The van der Waals surface area contributed by atoms with E-state index in [0.29, 0.717) is 4.47 Å². The molecule has 1 aromatic rings. The third-order valence-corrected chi connectivity index (χ3v) is 2.03. The largest absolute Gasteiger partial charge is 0.383 e. The van der Waals surface area contributed by atoms with Gasteiger partial charge in [-0.1, -0.05) is 15.9 Å². The van der Waals surface area contributed by atoms with Crippen LogP contribution in [0.15, 0.2) is 22.8 Å². The van der Waals surface area contributed by atoms with Crippen LogP contribution in [0.2, 0.25) is 0 Å². The summed E-state index contributed by atoms with van der Waals surface area (Å²) in [5.41, 5.74) is 0. The summed E-state index contributed by atoms with van der Waals surface area (Å²) in [6.07, 6.45) is -2.83. The molecule has 1 rings (SSSR count). The molecule has 0 aromatic carbocycles. The molecule has 0 fully saturated rings. The van der Waals surface area contributed by atoms with Gasteiger partial charge in [0.15, 0.2) is 0 Å². The average Bonchev–Trinajstić information content (AvgIpc) is 2.17. The van der Waals surface area contributed by atoms with Gasteiger partial charge in [-0.15, -0.1) is 0 Å². The number of anilines is 1. The third kappa shape index (κ3) is 2.91. The van der Waals surface area contributed by atoms with Crippen LogP contribution in [0.25, 0.3) is 0 Å². The Kier molecular flexibility index (Phi) is 3.84. The molecule has 1 heterocycles. The lowest BCUT2D eigenvalue weighted by Crippen LogP contribution is -2.41. The molecule has 0 saturated heterocycles. The van der Waals surface area contributed by atoms with Crippen molar-refractivity contribution in [1.29, 1.82) is 0 Å². The van der Waals surface area contributed by atoms with Crippen molar-refractivity contribution in [3.63, 3.8) is 0 Å². The van der Waals surface area contributed by atoms with Gasteiger partial charge in [-0.25, -0.2) is 13.8 Å². The highest BCUT2D eigenvalue weighted by atomic mass is 79.9. The first kappa shape index (κ1) is 12.9. The number of carbonyl (C=O) groups excluding carboxylic acids is 1. The van der Waals surface area contributed by atoms with E-state index in [2.05, 4.69) is 20.9 Å². The minimum atomic E-state index is -4.73. The first-order chi connectivity index (χ1) is 7.34. The Bertz CT molecular complexity index is 399. The summed E-state index contributed by atoms with van der Waals surface area (Å²) in [6, 6.07) is 2.69. The highest BCUT2D eigenvalue weighted by Crippen LogP contribution is 2.24. The molecular weight excluding hydrogens is 296 g/mol. The molecule has 0 spiro atoms. The van der Waals surface area contributed by atoms with Crippen LogP contribution in [-0.2, 0) is 4.79 Å². The number of aromatic nitrogens is 1. The first-order valence-corrected chi connectivity index (χ1v) is 4.72. The smallest absolute Gasteiger partial charge is 0.305 e. The second-order valence-electron chi connectivity index (χ2n) is 2.74. The van der Waals surface area contributed by atoms with Gasteiger partial charge >= 0.3 is 18.3 Å². The predicted molar refractivity (Wildman–Crippen MR) is 51.5 cm³/mol. The minimum Gasteiger partial charge on any atom is -0.305 e. The number of hydrogen-bond acceptors (Lipinski definition) is 2. The summed E-state index contributed by atoms with van der Waals surface area (Å²) >= 11 is 3.00. The molecule has 0 radical (unpaired) electrons. The Morgan fingerprint density at radius 1 is 1.50 bits per heavy atom. The monoisotopic (exact) mass is 300 g/mol.